The lowest BCUT2D eigenvalue weighted by atomic mass is 9.92. The topological polar surface area (TPSA) is 86.3 Å². The van der Waals surface area contributed by atoms with E-state index in [1.807, 2.05) is 30.5 Å². The predicted octanol–water partition coefficient (Wildman–Crippen LogP) is 1.85. The number of fused-ring (bicyclic) bond motifs is 1. The van der Waals surface area contributed by atoms with E-state index in [-0.39, 0.29) is 18.0 Å². The molecule has 0 saturated carbocycles. The molecule has 27 heavy (non-hydrogen) atoms. The van der Waals surface area contributed by atoms with Gasteiger partial charge in [0.2, 0.25) is 0 Å². The Balaban J connectivity index is 1.56. The first kappa shape index (κ1) is 17.9. The summed E-state index contributed by atoms with van der Waals surface area (Å²) < 4.78 is 0. The Morgan fingerprint density at radius 1 is 1.19 bits per heavy atom. The molecule has 1 aromatic carbocycles. The van der Waals surface area contributed by atoms with Gasteiger partial charge in [-0.2, -0.15) is 0 Å². The van der Waals surface area contributed by atoms with E-state index in [0.29, 0.717) is 11.4 Å². The van der Waals surface area contributed by atoms with Gasteiger partial charge in [0.15, 0.2) is 0 Å². The molecule has 1 aromatic rings. The number of rotatable bonds is 2. The van der Waals surface area contributed by atoms with Crippen molar-refractivity contribution < 1.29 is 4.79 Å². The summed E-state index contributed by atoms with van der Waals surface area (Å²) in [5.41, 5.74) is 9.09. The molecule has 0 aromatic heterocycles. The van der Waals surface area contributed by atoms with Crippen LogP contribution in [0.2, 0.25) is 0 Å². The number of carbonyl (C=O) groups is 1. The molecule has 3 aliphatic rings. The van der Waals surface area contributed by atoms with Crippen LogP contribution in [0.3, 0.4) is 0 Å². The number of hydrazine groups is 1. The maximum absolute atomic E-state index is 12.5. The number of benzene rings is 1. The van der Waals surface area contributed by atoms with Gasteiger partial charge in [-0.1, -0.05) is 12.1 Å². The van der Waals surface area contributed by atoms with Crippen molar-refractivity contribution in [3.05, 3.63) is 46.8 Å². The fourth-order valence-electron chi connectivity index (χ4n) is 4.12. The molecule has 0 spiro atoms. The van der Waals surface area contributed by atoms with E-state index in [4.69, 9.17) is 5.73 Å². The highest BCUT2D eigenvalue weighted by Crippen LogP contribution is 2.42. The van der Waals surface area contributed by atoms with Gasteiger partial charge in [0.05, 0.1) is 12.1 Å². The van der Waals surface area contributed by atoms with Crippen LogP contribution in [0.5, 0.6) is 0 Å². The molecular weight excluding hydrogens is 340 g/mol. The summed E-state index contributed by atoms with van der Waals surface area (Å²) in [6.45, 7) is 0.802. The monoisotopic (exact) mass is 366 g/mol. The summed E-state index contributed by atoms with van der Waals surface area (Å²) in [7, 11) is 4.13. The highest BCUT2D eigenvalue weighted by atomic mass is 16.1. The Bertz CT molecular complexity index is 825. The average molecular weight is 366 g/mol. The number of aliphatic imine (C=N–C) groups is 2. The molecule has 2 atom stereocenters. The molecule has 1 saturated heterocycles. The van der Waals surface area contributed by atoms with Crippen molar-refractivity contribution in [3.63, 3.8) is 0 Å². The van der Waals surface area contributed by atoms with E-state index >= 15 is 0 Å². The zero-order valence-electron chi connectivity index (χ0n) is 15.9. The third-order valence-corrected chi connectivity index (χ3v) is 5.70. The lowest BCUT2D eigenvalue weighted by Crippen LogP contribution is -2.36. The number of nitrogens with two attached hydrogens (primary N) is 1. The van der Waals surface area contributed by atoms with Crippen LogP contribution in [0.1, 0.15) is 47.6 Å². The molecule has 142 valence electrons. The fourth-order valence-corrected chi connectivity index (χ4v) is 4.12. The number of nitrogens with one attached hydrogen (secondary N) is 1. The Hall–Kier alpha value is -2.51. The Labute approximate surface area is 159 Å². The normalized spacial score (nSPS) is 26.1. The van der Waals surface area contributed by atoms with Gasteiger partial charge in [0.1, 0.15) is 11.7 Å². The second kappa shape index (κ2) is 7.25. The first-order valence-electron chi connectivity index (χ1n) is 9.48. The van der Waals surface area contributed by atoms with E-state index in [2.05, 4.69) is 39.4 Å². The summed E-state index contributed by atoms with van der Waals surface area (Å²) in [6.07, 6.45) is 5.77. The van der Waals surface area contributed by atoms with Crippen molar-refractivity contribution >= 4 is 18.0 Å². The second-order valence-corrected chi connectivity index (χ2v) is 7.32. The maximum atomic E-state index is 12.5. The maximum Gasteiger partial charge on any atom is 0.256 e. The molecule has 1 fully saturated rings. The quantitative estimate of drug-likeness (QED) is 0.836. The minimum atomic E-state index is -0.0991. The van der Waals surface area contributed by atoms with E-state index in [0.717, 1.165) is 49.2 Å². The molecule has 0 radical (unpaired) electrons. The standard InChI is InChI=1S/C20H26N6O/c1-25-15-10-12-23-19(21)17(15)18(26(25)2)13-6-8-14(9-7-13)20(27)24-16-5-3-4-11-22-16/h6-9,12,15,18H,3-5,10-11,21H2,1-2H3,(H,22,24,27). The van der Waals surface area contributed by atoms with Gasteiger partial charge in [-0.05, 0) is 30.5 Å². The largest absolute Gasteiger partial charge is 0.384 e. The molecule has 0 bridgehead atoms. The van der Waals surface area contributed by atoms with Crippen LogP contribution in [0.25, 0.3) is 0 Å². The van der Waals surface area contributed by atoms with Crippen molar-refractivity contribution in [2.45, 2.75) is 37.8 Å². The predicted molar refractivity (Wildman–Crippen MR) is 106 cm³/mol. The number of amidine groups is 1. The summed E-state index contributed by atoms with van der Waals surface area (Å²) in [5, 5.41) is 7.33. The zero-order chi connectivity index (χ0) is 19.0. The van der Waals surface area contributed by atoms with Crippen LogP contribution in [0.4, 0.5) is 0 Å². The zero-order valence-corrected chi connectivity index (χ0v) is 15.9. The van der Waals surface area contributed by atoms with Crippen LogP contribution in [0.15, 0.2) is 45.6 Å². The number of amides is 1. The number of carbonyl (C=O) groups excluding carboxylic acids is 1. The molecule has 1 amide bonds. The molecule has 0 aliphatic carbocycles. The Morgan fingerprint density at radius 2 is 1.96 bits per heavy atom. The number of hydrogen-bond acceptors (Lipinski definition) is 6. The average Bonchev–Trinajstić information content (AvgIpc) is 2.95. The Morgan fingerprint density at radius 3 is 2.67 bits per heavy atom. The minimum absolute atomic E-state index is 0.0391. The molecule has 3 heterocycles. The van der Waals surface area contributed by atoms with Crippen molar-refractivity contribution in [2.24, 2.45) is 15.7 Å². The molecule has 3 aliphatic heterocycles. The number of nitrogens with zero attached hydrogens (tertiary/aromatic N) is 4. The van der Waals surface area contributed by atoms with E-state index in [9.17, 15) is 4.79 Å². The summed E-state index contributed by atoms with van der Waals surface area (Å²) >= 11 is 0. The van der Waals surface area contributed by atoms with Crippen LogP contribution in [0, 0.1) is 0 Å². The molecule has 4 rings (SSSR count). The van der Waals surface area contributed by atoms with Gasteiger partial charge in [0.25, 0.3) is 5.91 Å². The van der Waals surface area contributed by atoms with Gasteiger partial charge in [-0.25, -0.2) is 15.0 Å². The molecular formula is C20H26N6O. The number of hydrogen-bond donors (Lipinski definition) is 2. The van der Waals surface area contributed by atoms with E-state index in [1.54, 1.807) is 0 Å². The van der Waals surface area contributed by atoms with Crippen molar-refractivity contribution in [2.75, 3.05) is 20.6 Å². The fraction of sp³-hybridized carbons (Fsp3) is 0.450. The summed E-state index contributed by atoms with van der Waals surface area (Å²) in [6, 6.07) is 8.04. The van der Waals surface area contributed by atoms with Crippen molar-refractivity contribution in [1.29, 1.82) is 0 Å². The van der Waals surface area contributed by atoms with Crippen molar-refractivity contribution in [1.82, 2.24) is 15.3 Å². The van der Waals surface area contributed by atoms with Crippen molar-refractivity contribution in [3.8, 4) is 0 Å². The smallest absolute Gasteiger partial charge is 0.256 e. The lowest BCUT2D eigenvalue weighted by molar-refractivity contribution is 0.0278. The second-order valence-electron chi connectivity index (χ2n) is 7.32. The third-order valence-electron chi connectivity index (χ3n) is 5.70. The molecule has 3 N–H and O–H groups in total. The van der Waals surface area contributed by atoms with Crippen LogP contribution in [-0.4, -0.2) is 54.7 Å². The number of likely N-dealkylation sites (N-methyl/N-ethyl adjacent to an activating group) is 2. The lowest BCUT2D eigenvalue weighted by Gasteiger charge is -2.26. The summed E-state index contributed by atoms with van der Waals surface area (Å²) in [4.78, 5) is 21.2. The van der Waals surface area contributed by atoms with Crippen LogP contribution in [-0.2, 0) is 0 Å². The summed E-state index contributed by atoms with van der Waals surface area (Å²) in [5.74, 6) is 1.30. The van der Waals surface area contributed by atoms with Gasteiger partial charge in [0, 0.05) is 50.8 Å². The molecule has 2 unspecified atom stereocenters. The van der Waals surface area contributed by atoms with E-state index in [1.165, 1.54) is 0 Å². The SMILES string of the molecule is CN1C2CC=NC(N)=C2C(c2ccc(C(=O)NC3=NCCCC3)cc2)N1C. The highest BCUT2D eigenvalue weighted by Gasteiger charge is 2.42. The van der Waals surface area contributed by atoms with Crippen LogP contribution < -0.4 is 11.1 Å². The third kappa shape index (κ3) is 3.28. The highest BCUT2D eigenvalue weighted by molar-refractivity contribution is 6.06. The van der Waals surface area contributed by atoms with Gasteiger partial charge in [-0.15, -0.1) is 0 Å². The van der Waals surface area contributed by atoms with Gasteiger partial charge in [-0.3, -0.25) is 9.79 Å². The Kier molecular flexibility index (Phi) is 4.80. The van der Waals surface area contributed by atoms with Gasteiger partial charge < -0.3 is 11.1 Å². The minimum Gasteiger partial charge on any atom is -0.384 e. The molecule has 7 nitrogen and oxygen atoms in total. The first-order valence-corrected chi connectivity index (χ1v) is 9.48. The van der Waals surface area contributed by atoms with E-state index < -0.39 is 0 Å². The van der Waals surface area contributed by atoms with Crippen LogP contribution >= 0.6 is 0 Å². The molecule has 7 heteroatoms. The first-order chi connectivity index (χ1) is 13.1. The van der Waals surface area contributed by atoms with Gasteiger partial charge >= 0.3 is 0 Å².